The van der Waals surface area contributed by atoms with Gasteiger partial charge >= 0.3 is 5.97 Å². The zero-order chi connectivity index (χ0) is 19.8. The van der Waals surface area contributed by atoms with Crippen LogP contribution in [-0.4, -0.2) is 57.3 Å². The van der Waals surface area contributed by atoms with E-state index in [0.717, 1.165) is 69.6 Å². The molecule has 4 aliphatic carbocycles. The number of anilines is 1. The van der Waals surface area contributed by atoms with Crippen LogP contribution in [0.4, 0.5) is 5.69 Å². The summed E-state index contributed by atoms with van der Waals surface area (Å²) in [4.78, 5) is 17.8. The molecule has 0 spiro atoms. The lowest BCUT2D eigenvalue weighted by Gasteiger charge is -2.36. The fourth-order valence-electron chi connectivity index (χ4n) is 6.83. The fourth-order valence-corrected chi connectivity index (χ4v) is 6.83. The third kappa shape index (κ3) is 3.52. The van der Waals surface area contributed by atoms with Crippen LogP contribution in [0.1, 0.15) is 38.5 Å². The first-order valence-corrected chi connectivity index (χ1v) is 11.5. The van der Waals surface area contributed by atoms with Crippen molar-refractivity contribution in [1.29, 1.82) is 0 Å². The van der Waals surface area contributed by atoms with Crippen molar-refractivity contribution < 1.29 is 14.3 Å². The Balaban J connectivity index is 1.04. The number of esters is 1. The molecule has 0 amide bonds. The number of ether oxygens (including phenoxy) is 2. The molecule has 5 fully saturated rings. The third-order valence-corrected chi connectivity index (χ3v) is 8.05. The van der Waals surface area contributed by atoms with Crippen LogP contribution in [-0.2, 0) is 9.53 Å². The molecule has 4 saturated carbocycles. The summed E-state index contributed by atoms with van der Waals surface area (Å²) in [5.41, 5.74) is 1.09. The van der Waals surface area contributed by atoms with Crippen LogP contribution in [0.2, 0.25) is 0 Å². The van der Waals surface area contributed by atoms with Crippen LogP contribution in [0.25, 0.3) is 0 Å². The smallest absolute Gasteiger partial charge is 0.312 e. The van der Waals surface area contributed by atoms with Gasteiger partial charge in [0.05, 0.1) is 24.8 Å². The molecule has 2 unspecified atom stereocenters. The highest BCUT2D eigenvalue weighted by Gasteiger charge is 2.62. The van der Waals surface area contributed by atoms with Crippen molar-refractivity contribution >= 4 is 11.7 Å². The minimum absolute atomic E-state index is 0.0893. The van der Waals surface area contributed by atoms with Crippen molar-refractivity contribution in [3.8, 4) is 5.75 Å². The summed E-state index contributed by atoms with van der Waals surface area (Å²) in [7, 11) is 1.73. The van der Waals surface area contributed by atoms with E-state index in [1.807, 2.05) is 12.1 Å². The number of carbonyl (C=O) groups is 1. The van der Waals surface area contributed by atoms with Crippen molar-refractivity contribution in [2.24, 2.45) is 23.2 Å². The summed E-state index contributed by atoms with van der Waals surface area (Å²) >= 11 is 0. The van der Waals surface area contributed by atoms with Gasteiger partial charge in [-0.15, -0.1) is 0 Å². The largest absolute Gasteiger partial charge is 0.495 e. The zero-order valence-electron chi connectivity index (χ0n) is 17.6. The second kappa shape index (κ2) is 7.82. The molecule has 5 nitrogen and oxygen atoms in total. The van der Waals surface area contributed by atoms with Crippen molar-refractivity contribution in [3.05, 3.63) is 24.3 Å². The standard InChI is InChI=1S/C24H34N2O3/c1-28-22-6-3-2-5-21(22)26-10-8-25(9-11-26)7-4-12-29-23(27)24-16-18-13-19(17-24)15-20(24)14-18/h2-3,5-6,18-20H,4,7-17H2,1H3/t18-,19+,20?,24?. The molecule has 1 aromatic rings. The number of rotatable bonds is 7. The molecule has 4 bridgehead atoms. The van der Waals surface area contributed by atoms with Crippen LogP contribution in [0.3, 0.4) is 0 Å². The zero-order valence-corrected chi connectivity index (χ0v) is 17.6. The highest BCUT2D eigenvalue weighted by Crippen LogP contribution is 2.65. The average molecular weight is 399 g/mol. The average Bonchev–Trinajstić information content (AvgIpc) is 3.16. The minimum atomic E-state index is -0.0893. The number of nitrogens with zero attached hydrogens (tertiary/aromatic N) is 2. The van der Waals surface area contributed by atoms with E-state index in [0.29, 0.717) is 12.5 Å². The molecule has 0 aromatic heterocycles. The Bertz CT molecular complexity index is 729. The van der Waals surface area contributed by atoms with E-state index in [4.69, 9.17) is 9.47 Å². The molecule has 1 aliphatic heterocycles. The Morgan fingerprint density at radius 3 is 2.52 bits per heavy atom. The Morgan fingerprint density at radius 2 is 1.79 bits per heavy atom. The fraction of sp³-hybridized carbons (Fsp3) is 0.708. The molecule has 0 N–H and O–H groups in total. The number of hydrogen-bond acceptors (Lipinski definition) is 5. The Morgan fingerprint density at radius 1 is 1.07 bits per heavy atom. The third-order valence-electron chi connectivity index (χ3n) is 8.05. The molecule has 1 saturated heterocycles. The van der Waals surface area contributed by atoms with E-state index in [1.165, 1.54) is 24.9 Å². The summed E-state index contributed by atoms with van der Waals surface area (Å²) in [6.45, 7) is 5.69. The first kappa shape index (κ1) is 19.2. The molecule has 158 valence electrons. The summed E-state index contributed by atoms with van der Waals surface area (Å²) in [6.07, 6.45) is 7.08. The topological polar surface area (TPSA) is 42.0 Å². The molecule has 5 heteroatoms. The van der Waals surface area contributed by atoms with Crippen molar-refractivity contribution in [3.63, 3.8) is 0 Å². The van der Waals surface area contributed by atoms with E-state index >= 15 is 0 Å². The van der Waals surface area contributed by atoms with Gasteiger partial charge in [-0.3, -0.25) is 9.69 Å². The Hall–Kier alpha value is -1.75. The predicted octanol–water partition coefficient (Wildman–Crippen LogP) is 3.58. The number of methoxy groups -OCH3 is 1. The maximum atomic E-state index is 12.9. The lowest BCUT2D eigenvalue weighted by molar-refractivity contribution is -0.158. The summed E-state index contributed by atoms with van der Waals surface area (Å²) in [6, 6.07) is 8.25. The van der Waals surface area contributed by atoms with Gasteiger partial charge in [0.2, 0.25) is 0 Å². The lowest BCUT2D eigenvalue weighted by Crippen LogP contribution is -2.47. The van der Waals surface area contributed by atoms with Crippen LogP contribution >= 0.6 is 0 Å². The Kier molecular flexibility index (Phi) is 5.19. The van der Waals surface area contributed by atoms with Crippen LogP contribution in [0.15, 0.2) is 24.3 Å². The maximum absolute atomic E-state index is 12.9. The summed E-state index contributed by atoms with van der Waals surface area (Å²) in [5.74, 6) is 3.32. The van der Waals surface area contributed by atoms with E-state index in [2.05, 4.69) is 21.9 Å². The Labute approximate surface area is 174 Å². The first-order chi connectivity index (χ1) is 14.2. The van der Waals surface area contributed by atoms with Gasteiger partial charge in [0, 0.05) is 32.7 Å². The highest BCUT2D eigenvalue weighted by atomic mass is 16.5. The normalized spacial score (nSPS) is 33.3. The predicted molar refractivity (Wildman–Crippen MR) is 113 cm³/mol. The second-order valence-electron chi connectivity index (χ2n) is 9.69. The molecule has 0 radical (unpaired) electrons. The van der Waals surface area contributed by atoms with Crippen LogP contribution in [0, 0.1) is 23.2 Å². The molecule has 5 aliphatic rings. The van der Waals surface area contributed by atoms with E-state index in [1.54, 1.807) is 7.11 Å². The van der Waals surface area contributed by atoms with Crippen molar-refractivity contribution in [2.45, 2.75) is 38.5 Å². The SMILES string of the molecule is COc1ccccc1N1CCN(CCCOC(=O)C23C[C@@H]4CC2C[C@@H](C4)C3)CC1. The number of para-hydroxylation sites is 2. The lowest BCUT2D eigenvalue weighted by atomic mass is 9.75. The number of hydrogen-bond donors (Lipinski definition) is 0. The molecule has 6 rings (SSSR count). The molecule has 29 heavy (non-hydrogen) atoms. The van der Waals surface area contributed by atoms with Gasteiger partial charge in [-0.1, -0.05) is 12.1 Å². The van der Waals surface area contributed by atoms with Crippen molar-refractivity contribution in [2.75, 3.05) is 51.3 Å². The van der Waals surface area contributed by atoms with Gasteiger partial charge in [0.25, 0.3) is 0 Å². The van der Waals surface area contributed by atoms with E-state index in [9.17, 15) is 4.79 Å². The van der Waals surface area contributed by atoms with E-state index < -0.39 is 0 Å². The summed E-state index contributed by atoms with van der Waals surface area (Å²) < 4.78 is 11.3. The number of carbonyl (C=O) groups excluding carboxylic acids is 1. The number of benzene rings is 1. The molecular formula is C24H34N2O3. The van der Waals surface area contributed by atoms with Gasteiger partial charge in [0.15, 0.2) is 0 Å². The summed E-state index contributed by atoms with van der Waals surface area (Å²) in [5, 5.41) is 0. The quantitative estimate of drug-likeness (QED) is 0.519. The van der Waals surface area contributed by atoms with Gasteiger partial charge in [0.1, 0.15) is 5.75 Å². The molecular weight excluding hydrogens is 364 g/mol. The number of piperazine rings is 1. The van der Waals surface area contributed by atoms with Gasteiger partial charge in [-0.05, 0) is 68.4 Å². The molecule has 1 aromatic carbocycles. The van der Waals surface area contributed by atoms with Gasteiger partial charge in [-0.25, -0.2) is 0 Å². The van der Waals surface area contributed by atoms with Crippen LogP contribution in [0.5, 0.6) is 5.75 Å². The highest BCUT2D eigenvalue weighted by molar-refractivity contribution is 5.78. The molecule has 4 atom stereocenters. The van der Waals surface area contributed by atoms with Crippen LogP contribution < -0.4 is 9.64 Å². The van der Waals surface area contributed by atoms with Gasteiger partial charge < -0.3 is 14.4 Å². The second-order valence-corrected chi connectivity index (χ2v) is 9.69. The van der Waals surface area contributed by atoms with Crippen molar-refractivity contribution in [1.82, 2.24) is 4.90 Å². The van der Waals surface area contributed by atoms with Gasteiger partial charge in [-0.2, -0.15) is 0 Å². The first-order valence-electron chi connectivity index (χ1n) is 11.5. The monoisotopic (exact) mass is 398 g/mol. The van der Waals surface area contributed by atoms with E-state index in [-0.39, 0.29) is 11.4 Å². The molecule has 1 heterocycles. The maximum Gasteiger partial charge on any atom is 0.312 e. The minimum Gasteiger partial charge on any atom is -0.495 e.